The average Bonchev–Trinajstić information content (AvgIpc) is 2.81. The number of ether oxygens (including phenoxy) is 2. The van der Waals surface area contributed by atoms with E-state index in [2.05, 4.69) is 52.0 Å². The number of hydrogen-bond acceptors (Lipinski definition) is 3. The van der Waals surface area contributed by atoms with Crippen molar-refractivity contribution in [1.82, 2.24) is 0 Å². The van der Waals surface area contributed by atoms with Crippen molar-refractivity contribution in [3.05, 3.63) is 29.8 Å². The zero-order chi connectivity index (χ0) is 23.9. The standard InChI is InChI=1S/C30H50O3/c1-5-6-7-8-9-22-32-29-19-17-27(18-20-29)26-13-15-28(16-14-26)30(31)33-23-21-25(4)12-10-11-24(2)3/h17-20,24-26,28H,5-16,21-23H2,1-4H3. The van der Waals surface area contributed by atoms with Gasteiger partial charge in [-0.3, -0.25) is 4.79 Å². The first-order valence-corrected chi connectivity index (χ1v) is 13.9. The molecule has 188 valence electrons. The number of carbonyl (C=O) groups excluding carboxylic acids is 1. The first kappa shape index (κ1) is 27.7. The molecule has 0 amide bonds. The molecule has 1 unspecified atom stereocenters. The number of unbranched alkanes of at least 4 members (excludes halogenated alkanes) is 4. The molecule has 0 N–H and O–H groups in total. The van der Waals surface area contributed by atoms with Crippen LogP contribution in [0.2, 0.25) is 0 Å². The molecular formula is C30H50O3. The maximum Gasteiger partial charge on any atom is 0.308 e. The molecule has 1 atom stereocenters. The molecule has 2 rings (SSSR count). The molecule has 1 aromatic rings. The van der Waals surface area contributed by atoms with Gasteiger partial charge in [0.2, 0.25) is 0 Å². The molecule has 3 heteroatoms. The SMILES string of the molecule is CCCCCCCOc1ccc(C2CCC(C(=O)OCCC(C)CCCC(C)C)CC2)cc1. The molecule has 0 aromatic heterocycles. The van der Waals surface area contributed by atoms with Crippen LogP contribution in [0.4, 0.5) is 0 Å². The third-order valence-electron chi connectivity index (χ3n) is 7.26. The first-order chi connectivity index (χ1) is 16.0. The van der Waals surface area contributed by atoms with Crippen molar-refractivity contribution in [3.8, 4) is 5.75 Å². The lowest BCUT2D eigenvalue weighted by Crippen LogP contribution is -2.23. The van der Waals surface area contributed by atoms with Crippen molar-refractivity contribution >= 4 is 5.97 Å². The van der Waals surface area contributed by atoms with Gasteiger partial charge in [0, 0.05) is 0 Å². The fourth-order valence-corrected chi connectivity index (χ4v) is 4.89. The zero-order valence-corrected chi connectivity index (χ0v) is 22.0. The van der Waals surface area contributed by atoms with Gasteiger partial charge in [0.05, 0.1) is 19.1 Å². The van der Waals surface area contributed by atoms with E-state index in [1.807, 2.05) is 0 Å². The number of benzene rings is 1. The number of rotatable bonds is 16. The molecule has 0 aliphatic heterocycles. The molecule has 1 saturated carbocycles. The highest BCUT2D eigenvalue weighted by molar-refractivity contribution is 5.72. The molecular weight excluding hydrogens is 408 g/mol. The van der Waals surface area contributed by atoms with Crippen LogP contribution in [0.5, 0.6) is 5.75 Å². The highest BCUT2D eigenvalue weighted by Crippen LogP contribution is 2.36. The summed E-state index contributed by atoms with van der Waals surface area (Å²) < 4.78 is 11.6. The van der Waals surface area contributed by atoms with Crippen LogP contribution in [0.15, 0.2) is 24.3 Å². The van der Waals surface area contributed by atoms with Gasteiger partial charge in [0.25, 0.3) is 0 Å². The summed E-state index contributed by atoms with van der Waals surface area (Å²) in [5.74, 6) is 3.07. The quantitative estimate of drug-likeness (QED) is 0.183. The minimum Gasteiger partial charge on any atom is -0.494 e. The second-order valence-electron chi connectivity index (χ2n) is 10.8. The summed E-state index contributed by atoms with van der Waals surface area (Å²) in [6, 6.07) is 8.67. The molecule has 1 aromatic carbocycles. The maximum absolute atomic E-state index is 12.5. The molecule has 0 saturated heterocycles. The van der Waals surface area contributed by atoms with Crippen LogP contribution in [-0.2, 0) is 9.53 Å². The van der Waals surface area contributed by atoms with E-state index in [0.717, 1.165) is 56.8 Å². The van der Waals surface area contributed by atoms with Gasteiger partial charge in [0.1, 0.15) is 5.75 Å². The van der Waals surface area contributed by atoms with Crippen LogP contribution < -0.4 is 4.74 Å². The fourth-order valence-electron chi connectivity index (χ4n) is 4.89. The molecule has 0 spiro atoms. The van der Waals surface area contributed by atoms with E-state index in [1.54, 1.807) is 0 Å². The van der Waals surface area contributed by atoms with Crippen LogP contribution >= 0.6 is 0 Å². The van der Waals surface area contributed by atoms with Gasteiger partial charge in [-0.05, 0) is 74.0 Å². The third-order valence-corrected chi connectivity index (χ3v) is 7.26. The monoisotopic (exact) mass is 458 g/mol. The van der Waals surface area contributed by atoms with Gasteiger partial charge < -0.3 is 9.47 Å². The highest BCUT2D eigenvalue weighted by Gasteiger charge is 2.28. The number of carbonyl (C=O) groups is 1. The topological polar surface area (TPSA) is 35.5 Å². The van der Waals surface area contributed by atoms with Crippen molar-refractivity contribution in [2.75, 3.05) is 13.2 Å². The molecule has 0 bridgehead atoms. The summed E-state index contributed by atoms with van der Waals surface area (Å²) >= 11 is 0. The van der Waals surface area contributed by atoms with E-state index in [4.69, 9.17) is 9.47 Å². The second-order valence-corrected chi connectivity index (χ2v) is 10.8. The van der Waals surface area contributed by atoms with Gasteiger partial charge >= 0.3 is 5.97 Å². The Morgan fingerprint density at radius 3 is 2.21 bits per heavy atom. The van der Waals surface area contributed by atoms with Crippen LogP contribution in [0.25, 0.3) is 0 Å². The minimum absolute atomic E-state index is 0.0329. The normalized spacial score (nSPS) is 19.4. The minimum atomic E-state index is 0.0329. The molecule has 1 fully saturated rings. The highest BCUT2D eigenvalue weighted by atomic mass is 16.5. The van der Waals surface area contributed by atoms with Gasteiger partial charge in [-0.25, -0.2) is 0 Å². The van der Waals surface area contributed by atoms with E-state index in [-0.39, 0.29) is 11.9 Å². The Balaban J connectivity index is 1.61. The third kappa shape index (κ3) is 11.5. The fraction of sp³-hybridized carbons (Fsp3) is 0.767. The Kier molecular flexibility index (Phi) is 13.6. The summed E-state index contributed by atoms with van der Waals surface area (Å²) in [6.45, 7) is 10.5. The van der Waals surface area contributed by atoms with Crippen molar-refractivity contribution in [3.63, 3.8) is 0 Å². The van der Waals surface area contributed by atoms with Gasteiger partial charge in [-0.15, -0.1) is 0 Å². The lowest BCUT2D eigenvalue weighted by atomic mass is 9.79. The molecule has 33 heavy (non-hydrogen) atoms. The molecule has 3 nitrogen and oxygen atoms in total. The zero-order valence-electron chi connectivity index (χ0n) is 22.0. The Hall–Kier alpha value is -1.51. The van der Waals surface area contributed by atoms with Crippen molar-refractivity contribution in [1.29, 1.82) is 0 Å². The van der Waals surface area contributed by atoms with Gasteiger partial charge in [-0.1, -0.05) is 84.8 Å². The number of esters is 1. The lowest BCUT2D eigenvalue weighted by molar-refractivity contribution is -0.150. The van der Waals surface area contributed by atoms with Crippen molar-refractivity contribution < 1.29 is 14.3 Å². The average molecular weight is 459 g/mol. The van der Waals surface area contributed by atoms with Crippen LogP contribution in [0, 0.1) is 17.8 Å². The molecule has 1 aliphatic carbocycles. The van der Waals surface area contributed by atoms with E-state index in [1.165, 1.54) is 50.5 Å². The smallest absolute Gasteiger partial charge is 0.308 e. The van der Waals surface area contributed by atoms with E-state index < -0.39 is 0 Å². The van der Waals surface area contributed by atoms with Crippen LogP contribution in [-0.4, -0.2) is 19.2 Å². The lowest BCUT2D eigenvalue weighted by Gasteiger charge is -2.27. The number of hydrogen-bond donors (Lipinski definition) is 0. The Labute approximate surface area is 204 Å². The second kappa shape index (κ2) is 16.2. The predicted molar refractivity (Wildman–Crippen MR) is 139 cm³/mol. The Morgan fingerprint density at radius 2 is 1.55 bits per heavy atom. The molecule has 0 radical (unpaired) electrons. The van der Waals surface area contributed by atoms with E-state index in [9.17, 15) is 4.79 Å². The van der Waals surface area contributed by atoms with Gasteiger partial charge in [0.15, 0.2) is 0 Å². The molecule has 0 heterocycles. The Morgan fingerprint density at radius 1 is 0.848 bits per heavy atom. The Bertz CT molecular complexity index is 628. The largest absolute Gasteiger partial charge is 0.494 e. The summed E-state index contributed by atoms with van der Waals surface area (Å²) in [5.41, 5.74) is 1.38. The van der Waals surface area contributed by atoms with Gasteiger partial charge in [-0.2, -0.15) is 0 Å². The van der Waals surface area contributed by atoms with E-state index in [0.29, 0.717) is 18.4 Å². The van der Waals surface area contributed by atoms with Crippen LogP contribution in [0.3, 0.4) is 0 Å². The molecule has 1 aliphatic rings. The van der Waals surface area contributed by atoms with Crippen molar-refractivity contribution in [2.45, 2.75) is 117 Å². The predicted octanol–water partition coefficient (Wildman–Crippen LogP) is 8.71. The van der Waals surface area contributed by atoms with E-state index >= 15 is 0 Å². The summed E-state index contributed by atoms with van der Waals surface area (Å²) in [7, 11) is 0. The maximum atomic E-state index is 12.5. The summed E-state index contributed by atoms with van der Waals surface area (Å²) in [5, 5.41) is 0. The summed E-state index contributed by atoms with van der Waals surface area (Å²) in [6.07, 6.45) is 15.2. The summed E-state index contributed by atoms with van der Waals surface area (Å²) in [4.78, 5) is 12.5. The first-order valence-electron chi connectivity index (χ1n) is 13.9. The van der Waals surface area contributed by atoms with Crippen molar-refractivity contribution in [2.24, 2.45) is 17.8 Å². The van der Waals surface area contributed by atoms with Crippen LogP contribution in [0.1, 0.15) is 123 Å².